The molecule has 146 valence electrons. The molecule has 1 aliphatic rings. The van der Waals surface area contributed by atoms with Crippen LogP contribution in [-0.4, -0.2) is 32.2 Å². The maximum atomic E-state index is 11.4. The van der Waals surface area contributed by atoms with Crippen molar-refractivity contribution < 1.29 is 13.9 Å². The zero-order valence-corrected chi connectivity index (χ0v) is 16.1. The molecule has 0 spiro atoms. The highest BCUT2D eigenvalue weighted by atomic mass is 16.5. The molecule has 1 fully saturated rings. The number of allylic oxidation sites excluding steroid dienone is 1. The number of rotatable bonds is 4. The second kappa shape index (κ2) is 7.82. The number of hydrogen-bond donors (Lipinski definition) is 1. The van der Waals surface area contributed by atoms with Crippen molar-refractivity contribution in [2.75, 3.05) is 31.2 Å². The van der Waals surface area contributed by atoms with Gasteiger partial charge in [-0.05, 0) is 48.0 Å². The summed E-state index contributed by atoms with van der Waals surface area (Å²) in [5.74, 6) is 0.364. The Morgan fingerprint density at radius 2 is 1.79 bits per heavy atom. The lowest BCUT2D eigenvalue weighted by atomic mass is 10.0. The fourth-order valence-electron chi connectivity index (χ4n) is 3.55. The monoisotopic (exact) mass is 387 g/mol. The molecular weight excluding hydrogens is 366 g/mol. The predicted molar refractivity (Wildman–Crippen MR) is 112 cm³/mol. The number of carbonyl (C=O) groups is 1. The van der Waals surface area contributed by atoms with E-state index in [-0.39, 0.29) is 5.57 Å². The Kier molecular flexibility index (Phi) is 5.07. The van der Waals surface area contributed by atoms with Gasteiger partial charge in [0.25, 0.3) is 5.91 Å². The van der Waals surface area contributed by atoms with Gasteiger partial charge in [0.2, 0.25) is 0 Å². The van der Waals surface area contributed by atoms with Crippen LogP contribution in [0.25, 0.3) is 27.7 Å². The molecule has 1 saturated heterocycles. The molecule has 6 nitrogen and oxygen atoms in total. The molecule has 0 aliphatic carbocycles. The zero-order valence-electron chi connectivity index (χ0n) is 16.1. The third kappa shape index (κ3) is 3.73. The number of nitriles is 1. The number of hydrogen-bond acceptors (Lipinski definition) is 5. The van der Waals surface area contributed by atoms with Crippen LogP contribution in [0.4, 0.5) is 5.69 Å². The second-order valence-electron chi connectivity index (χ2n) is 6.99. The molecule has 2 heterocycles. The Hall–Kier alpha value is -3.56. The van der Waals surface area contributed by atoms with Gasteiger partial charge in [0, 0.05) is 29.9 Å². The van der Waals surface area contributed by atoms with Crippen LogP contribution in [-0.2, 0) is 9.53 Å². The molecule has 0 atom stereocenters. The van der Waals surface area contributed by atoms with Gasteiger partial charge in [0.1, 0.15) is 23.2 Å². The van der Waals surface area contributed by atoms with Crippen molar-refractivity contribution in [2.24, 2.45) is 5.73 Å². The van der Waals surface area contributed by atoms with Crippen molar-refractivity contribution in [3.63, 3.8) is 0 Å². The number of benzene rings is 2. The minimum atomic E-state index is -0.760. The van der Waals surface area contributed by atoms with Crippen molar-refractivity contribution in [3.05, 3.63) is 59.9 Å². The van der Waals surface area contributed by atoms with Crippen molar-refractivity contribution in [1.82, 2.24) is 0 Å². The predicted octanol–water partition coefficient (Wildman–Crippen LogP) is 3.72. The van der Waals surface area contributed by atoms with Gasteiger partial charge in [-0.2, -0.15) is 5.26 Å². The first kappa shape index (κ1) is 18.8. The van der Waals surface area contributed by atoms with Crippen LogP contribution in [0.15, 0.2) is 58.5 Å². The van der Waals surface area contributed by atoms with Crippen LogP contribution in [0.2, 0.25) is 0 Å². The highest BCUT2D eigenvalue weighted by molar-refractivity contribution is 6.03. The largest absolute Gasteiger partial charge is 0.456 e. The van der Waals surface area contributed by atoms with Crippen molar-refractivity contribution >= 4 is 27.9 Å². The average Bonchev–Trinajstić information content (AvgIpc) is 3.24. The van der Waals surface area contributed by atoms with Gasteiger partial charge in [-0.25, -0.2) is 0 Å². The maximum absolute atomic E-state index is 11.4. The molecule has 2 aromatic carbocycles. The summed E-state index contributed by atoms with van der Waals surface area (Å²) < 4.78 is 11.3. The molecule has 1 amide bonds. The maximum Gasteiger partial charge on any atom is 0.259 e. The van der Waals surface area contributed by atoms with E-state index >= 15 is 0 Å². The normalized spacial score (nSPS) is 15.1. The number of amides is 1. The van der Waals surface area contributed by atoms with Gasteiger partial charge in [0.15, 0.2) is 0 Å². The van der Waals surface area contributed by atoms with Gasteiger partial charge in [-0.15, -0.1) is 0 Å². The third-order valence-electron chi connectivity index (χ3n) is 5.19. The Bertz CT molecular complexity index is 1150. The van der Waals surface area contributed by atoms with Gasteiger partial charge in [-0.1, -0.05) is 18.2 Å². The molecule has 29 heavy (non-hydrogen) atoms. The van der Waals surface area contributed by atoms with Crippen LogP contribution in [0.3, 0.4) is 0 Å². The summed E-state index contributed by atoms with van der Waals surface area (Å²) in [6.07, 6.45) is 0. The molecule has 0 unspecified atom stereocenters. The molecule has 6 heteroatoms. The molecule has 1 aliphatic heterocycles. The van der Waals surface area contributed by atoms with Crippen molar-refractivity contribution in [2.45, 2.75) is 6.92 Å². The van der Waals surface area contributed by atoms with E-state index in [2.05, 4.69) is 35.2 Å². The first-order valence-corrected chi connectivity index (χ1v) is 9.44. The summed E-state index contributed by atoms with van der Waals surface area (Å²) in [6.45, 7) is 4.98. The smallest absolute Gasteiger partial charge is 0.259 e. The van der Waals surface area contributed by atoms with Crippen LogP contribution in [0.1, 0.15) is 12.7 Å². The topological polar surface area (TPSA) is 92.5 Å². The number of fused-ring (bicyclic) bond motifs is 1. The second-order valence-corrected chi connectivity index (χ2v) is 6.99. The Morgan fingerprint density at radius 1 is 1.07 bits per heavy atom. The lowest BCUT2D eigenvalue weighted by Crippen LogP contribution is -2.36. The Balaban J connectivity index is 1.64. The molecule has 1 aromatic heterocycles. The molecular formula is C23H21N3O3. The van der Waals surface area contributed by atoms with E-state index in [4.69, 9.17) is 20.1 Å². The third-order valence-corrected chi connectivity index (χ3v) is 5.19. The van der Waals surface area contributed by atoms with Crippen LogP contribution in [0.5, 0.6) is 0 Å². The lowest BCUT2D eigenvalue weighted by Gasteiger charge is -2.29. The average molecular weight is 387 g/mol. The SMILES string of the molecule is C/C(=C(/C#N)C(N)=O)c1ccc(-c2ccc3cc(N4CCOCC4)ccc3c2)o1. The summed E-state index contributed by atoms with van der Waals surface area (Å²) in [5.41, 5.74) is 7.72. The number of nitrogens with two attached hydrogens (primary N) is 1. The highest BCUT2D eigenvalue weighted by Crippen LogP contribution is 2.31. The van der Waals surface area contributed by atoms with Gasteiger partial charge in [-0.3, -0.25) is 4.79 Å². The van der Waals surface area contributed by atoms with E-state index in [0.29, 0.717) is 17.1 Å². The summed E-state index contributed by atoms with van der Waals surface area (Å²) in [5, 5.41) is 11.4. The summed E-state index contributed by atoms with van der Waals surface area (Å²) >= 11 is 0. The van der Waals surface area contributed by atoms with E-state index in [0.717, 1.165) is 42.6 Å². The lowest BCUT2D eigenvalue weighted by molar-refractivity contribution is -0.114. The number of anilines is 1. The van der Waals surface area contributed by atoms with Gasteiger partial charge < -0.3 is 19.8 Å². The Morgan fingerprint density at radius 3 is 2.52 bits per heavy atom. The standard InChI is InChI=1S/C23H21N3O3/c1-15(20(14-24)23(25)27)21-6-7-22(29-21)18-3-2-17-13-19(5-4-16(17)12-18)26-8-10-28-11-9-26/h2-7,12-13H,8-11H2,1H3,(H2,25,27)/b20-15+. The van der Waals surface area contributed by atoms with E-state index < -0.39 is 5.91 Å². The highest BCUT2D eigenvalue weighted by Gasteiger charge is 2.15. The molecule has 0 bridgehead atoms. The van der Waals surface area contributed by atoms with E-state index in [1.165, 1.54) is 5.69 Å². The van der Waals surface area contributed by atoms with Crippen LogP contribution < -0.4 is 10.6 Å². The number of primary amides is 1. The summed E-state index contributed by atoms with van der Waals surface area (Å²) in [6, 6.07) is 18.0. The van der Waals surface area contributed by atoms with Gasteiger partial charge in [0.05, 0.1) is 13.2 Å². The molecule has 4 rings (SSSR count). The summed E-state index contributed by atoms with van der Waals surface area (Å²) in [4.78, 5) is 13.7. The Labute approximate surface area is 168 Å². The van der Waals surface area contributed by atoms with Gasteiger partial charge >= 0.3 is 0 Å². The van der Waals surface area contributed by atoms with Crippen molar-refractivity contribution in [3.8, 4) is 17.4 Å². The number of ether oxygens (including phenoxy) is 1. The van der Waals surface area contributed by atoms with Crippen molar-refractivity contribution in [1.29, 1.82) is 5.26 Å². The molecule has 0 saturated carbocycles. The zero-order chi connectivity index (χ0) is 20.4. The summed E-state index contributed by atoms with van der Waals surface area (Å²) in [7, 11) is 0. The molecule has 3 aromatic rings. The number of morpholine rings is 1. The number of furan rings is 1. The van der Waals surface area contributed by atoms with Crippen LogP contribution >= 0.6 is 0 Å². The van der Waals surface area contributed by atoms with E-state index in [1.807, 2.05) is 18.2 Å². The minimum Gasteiger partial charge on any atom is -0.456 e. The molecule has 2 N–H and O–H groups in total. The van der Waals surface area contributed by atoms with E-state index in [9.17, 15) is 4.79 Å². The fourth-order valence-corrected chi connectivity index (χ4v) is 3.55. The number of carbonyl (C=O) groups excluding carboxylic acids is 1. The first-order chi connectivity index (χ1) is 14.1. The number of nitrogens with zero attached hydrogens (tertiary/aromatic N) is 2. The quantitative estimate of drug-likeness (QED) is 0.544. The fraction of sp³-hybridized carbons (Fsp3) is 0.217. The van der Waals surface area contributed by atoms with E-state index in [1.54, 1.807) is 13.0 Å². The molecule has 0 radical (unpaired) electrons. The first-order valence-electron chi connectivity index (χ1n) is 9.44. The minimum absolute atomic E-state index is 0.0972. The van der Waals surface area contributed by atoms with Crippen LogP contribution in [0, 0.1) is 11.3 Å².